The molecule has 0 aliphatic heterocycles. The number of fused-ring (bicyclic) bond motifs is 1. The van der Waals surface area contributed by atoms with Gasteiger partial charge in [0.05, 0.1) is 14.2 Å². The maximum atomic E-state index is 12.8. The van der Waals surface area contributed by atoms with E-state index in [1.54, 1.807) is 14.2 Å². The quantitative estimate of drug-likeness (QED) is 0.475. The van der Waals surface area contributed by atoms with E-state index in [1.165, 1.54) is 0 Å². The molecule has 5 nitrogen and oxygen atoms in total. The van der Waals surface area contributed by atoms with Crippen LogP contribution in [-0.2, 0) is 4.79 Å². The number of carbonyl (C=O) groups excluding carboxylic acids is 1. The van der Waals surface area contributed by atoms with E-state index in [4.69, 9.17) is 9.47 Å². The van der Waals surface area contributed by atoms with Crippen molar-refractivity contribution in [2.45, 2.75) is 38.5 Å². The minimum absolute atomic E-state index is 0.0428. The molecule has 0 saturated carbocycles. The second kappa shape index (κ2) is 10.0. The number of ether oxygens (including phenoxy) is 2. The number of unbranched alkanes of at least 4 members (excludes halogenated alkanes) is 2. The van der Waals surface area contributed by atoms with Crippen molar-refractivity contribution < 1.29 is 14.3 Å². The smallest absolute Gasteiger partial charge is 0.220 e. The molecule has 0 radical (unpaired) electrons. The van der Waals surface area contributed by atoms with E-state index in [0.717, 1.165) is 41.3 Å². The third-order valence-corrected chi connectivity index (χ3v) is 5.30. The Bertz CT molecular complexity index is 948. The third kappa shape index (κ3) is 4.73. The molecule has 154 valence electrons. The van der Waals surface area contributed by atoms with Gasteiger partial charge in [0.2, 0.25) is 5.91 Å². The molecule has 3 aromatic rings. The molecule has 2 aromatic carbocycles. The standard InChI is InChI=1S/C24H30N2O3/c1-4-5-8-14-25-23(27)15-19(18-11-9-13-22(28-2)24(18)29-3)20-16-26-21-12-7-6-10-17(20)21/h6-7,9-13,16,19,26H,4-5,8,14-15H2,1-3H3,(H,25,27)/t19-/m0/s1. The molecule has 1 heterocycles. The van der Waals surface area contributed by atoms with Gasteiger partial charge in [-0.05, 0) is 24.1 Å². The van der Waals surface area contributed by atoms with Gasteiger partial charge in [-0.15, -0.1) is 0 Å². The topological polar surface area (TPSA) is 63.4 Å². The number of hydrogen-bond donors (Lipinski definition) is 2. The SMILES string of the molecule is CCCCCNC(=O)C[C@@H](c1cccc(OC)c1OC)c1c[nH]c2ccccc12. The van der Waals surface area contributed by atoms with E-state index >= 15 is 0 Å². The Hall–Kier alpha value is -2.95. The third-order valence-electron chi connectivity index (χ3n) is 5.30. The summed E-state index contributed by atoms with van der Waals surface area (Å²) in [4.78, 5) is 16.1. The first-order chi connectivity index (χ1) is 14.2. The molecule has 0 saturated heterocycles. The van der Waals surface area contributed by atoms with Gasteiger partial charge in [0.1, 0.15) is 0 Å². The maximum Gasteiger partial charge on any atom is 0.220 e. The summed E-state index contributed by atoms with van der Waals surface area (Å²) < 4.78 is 11.2. The molecular weight excluding hydrogens is 364 g/mol. The van der Waals surface area contributed by atoms with Crippen LogP contribution in [0.15, 0.2) is 48.7 Å². The molecule has 0 unspecified atom stereocenters. The number of H-pyrrole nitrogens is 1. The molecule has 1 aromatic heterocycles. The van der Waals surface area contributed by atoms with Crippen molar-refractivity contribution in [2.75, 3.05) is 20.8 Å². The monoisotopic (exact) mass is 394 g/mol. The van der Waals surface area contributed by atoms with Crippen LogP contribution < -0.4 is 14.8 Å². The average Bonchev–Trinajstić information content (AvgIpc) is 3.18. The summed E-state index contributed by atoms with van der Waals surface area (Å²) in [6.07, 6.45) is 5.60. The number of para-hydroxylation sites is 2. The number of carbonyl (C=O) groups is 1. The van der Waals surface area contributed by atoms with E-state index in [9.17, 15) is 4.79 Å². The predicted molar refractivity (Wildman–Crippen MR) is 117 cm³/mol. The van der Waals surface area contributed by atoms with Crippen LogP contribution in [0.2, 0.25) is 0 Å². The van der Waals surface area contributed by atoms with Crippen LogP contribution in [0.3, 0.4) is 0 Å². The lowest BCUT2D eigenvalue weighted by atomic mass is 9.87. The van der Waals surface area contributed by atoms with Crippen molar-refractivity contribution >= 4 is 16.8 Å². The molecule has 0 spiro atoms. The van der Waals surface area contributed by atoms with Gasteiger partial charge >= 0.3 is 0 Å². The molecule has 0 aliphatic carbocycles. The van der Waals surface area contributed by atoms with Crippen LogP contribution in [0.4, 0.5) is 0 Å². The summed E-state index contributed by atoms with van der Waals surface area (Å²) >= 11 is 0. The highest BCUT2D eigenvalue weighted by Crippen LogP contribution is 2.41. The van der Waals surface area contributed by atoms with E-state index < -0.39 is 0 Å². The van der Waals surface area contributed by atoms with Gasteiger partial charge in [0, 0.05) is 41.5 Å². The minimum atomic E-state index is -0.151. The normalized spacial score (nSPS) is 12.0. The molecular formula is C24H30N2O3. The summed E-state index contributed by atoms with van der Waals surface area (Å²) in [6, 6.07) is 14.0. The molecule has 2 N–H and O–H groups in total. The molecule has 0 fully saturated rings. The second-order valence-electron chi connectivity index (χ2n) is 7.19. The number of methoxy groups -OCH3 is 2. The van der Waals surface area contributed by atoms with Crippen LogP contribution in [0.1, 0.15) is 49.7 Å². The van der Waals surface area contributed by atoms with Gasteiger partial charge in [0.15, 0.2) is 11.5 Å². The number of aromatic nitrogens is 1. The number of hydrogen-bond acceptors (Lipinski definition) is 3. The van der Waals surface area contributed by atoms with E-state index in [1.807, 2.05) is 42.6 Å². The summed E-state index contributed by atoms with van der Waals surface area (Å²) in [5.41, 5.74) is 3.08. The largest absolute Gasteiger partial charge is 0.493 e. The van der Waals surface area contributed by atoms with Crippen LogP contribution in [-0.4, -0.2) is 31.7 Å². The Morgan fingerprint density at radius 3 is 2.62 bits per heavy atom. The number of amides is 1. The fourth-order valence-corrected chi connectivity index (χ4v) is 3.82. The summed E-state index contributed by atoms with van der Waals surface area (Å²) in [5.74, 6) is 1.23. The first-order valence-corrected chi connectivity index (χ1v) is 10.2. The molecule has 0 bridgehead atoms. The highest BCUT2D eigenvalue weighted by atomic mass is 16.5. The van der Waals surface area contributed by atoms with E-state index in [0.29, 0.717) is 24.5 Å². The zero-order chi connectivity index (χ0) is 20.6. The summed E-state index contributed by atoms with van der Waals surface area (Å²) in [7, 11) is 3.27. The van der Waals surface area contributed by atoms with Crippen molar-refractivity contribution in [3.8, 4) is 11.5 Å². The summed E-state index contributed by atoms with van der Waals surface area (Å²) in [6.45, 7) is 2.87. The van der Waals surface area contributed by atoms with Gasteiger partial charge in [0.25, 0.3) is 0 Å². The molecule has 3 rings (SSSR count). The molecule has 29 heavy (non-hydrogen) atoms. The highest BCUT2D eigenvalue weighted by molar-refractivity contribution is 5.86. The average molecular weight is 395 g/mol. The lowest BCUT2D eigenvalue weighted by Crippen LogP contribution is -2.26. The van der Waals surface area contributed by atoms with Gasteiger partial charge < -0.3 is 19.8 Å². The Morgan fingerprint density at radius 1 is 1.03 bits per heavy atom. The van der Waals surface area contributed by atoms with Crippen molar-refractivity contribution in [3.63, 3.8) is 0 Å². The first-order valence-electron chi connectivity index (χ1n) is 10.2. The second-order valence-corrected chi connectivity index (χ2v) is 7.19. The van der Waals surface area contributed by atoms with Crippen molar-refractivity contribution in [3.05, 3.63) is 59.8 Å². The van der Waals surface area contributed by atoms with Crippen LogP contribution in [0, 0.1) is 0 Å². The van der Waals surface area contributed by atoms with Gasteiger partial charge in [-0.1, -0.05) is 50.1 Å². The van der Waals surface area contributed by atoms with Gasteiger partial charge in [-0.3, -0.25) is 4.79 Å². The number of benzene rings is 2. The number of aromatic amines is 1. The highest BCUT2D eigenvalue weighted by Gasteiger charge is 2.25. The first kappa shape index (κ1) is 20.8. The lowest BCUT2D eigenvalue weighted by molar-refractivity contribution is -0.121. The lowest BCUT2D eigenvalue weighted by Gasteiger charge is -2.21. The van der Waals surface area contributed by atoms with Crippen molar-refractivity contribution in [1.29, 1.82) is 0 Å². The number of rotatable bonds is 10. The molecule has 0 aliphatic rings. The minimum Gasteiger partial charge on any atom is -0.493 e. The van der Waals surface area contributed by atoms with Gasteiger partial charge in [-0.25, -0.2) is 0 Å². The van der Waals surface area contributed by atoms with E-state index in [2.05, 4.69) is 23.3 Å². The van der Waals surface area contributed by atoms with Crippen LogP contribution in [0.25, 0.3) is 10.9 Å². The fourth-order valence-electron chi connectivity index (χ4n) is 3.82. The Balaban J connectivity index is 1.98. The van der Waals surface area contributed by atoms with Crippen LogP contribution >= 0.6 is 0 Å². The number of nitrogens with one attached hydrogen (secondary N) is 2. The summed E-state index contributed by atoms with van der Waals surface area (Å²) in [5, 5.41) is 4.18. The Kier molecular flexibility index (Phi) is 7.17. The molecule has 1 amide bonds. The zero-order valence-electron chi connectivity index (χ0n) is 17.5. The maximum absolute atomic E-state index is 12.8. The zero-order valence-corrected chi connectivity index (χ0v) is 17.5. The van der Waals surface area contributed by atoms with Gasteiger partial charge in [-0.2, -0.15) is 0 Å². The predicted octanol–water partition coefficient (Wildman–Crippen LogP) is 5.01. The Labute approximate surface area is 172 Å². The van der Waals surface area contributed by atoms with Crippen molar-refractivity contribution in [2.24, 2.45) is 0 Å². The molecule has 1 atom stereocenters. The van der Waals surface area contributed by atoms with Crippen LogP contribution in [0.5, 0.6) is 11.5 Å². The van der Waals surface area contributed by atoms with Crippen molar-refractivity contribution in [1.82, 2.24) is 10.3 Å². The van der Waals surface area contributed by atoms with E-state index in [-0.39, 0.29) is 11.8 Å². The fraction of sp³-hybridized carbons (Fsp3) is 0.375. The Morgan fingerprint density at radius 2 is 1.86 bits per heavy atom. The molecule has 5 heteroatoms.